The standard InChI is InChI=1S/C19H33NO8/c1-17(14-20)2-3-19(21)28-16-18-15-26-11-10-24-7-6-22-4-5-23-8-9-25-12-13-27-18/h17-18H,2-13,15-16H2,1H3. The summed E-state index contributed by atoms with van der Waals surface area (Å²) in [6.45, 7) is 6.78. The molecule has 9 nitrogen and oxygen atoms in total. The molecule has 0 saturated carbocycles. The fourth-order valence-corrected chi connectivity index (χ4v) is 2.17. The van der Waals surface area contributed by atoms with E-state index in [1.165, 1.54) is 0 Å². The molecule has 0 amide bonds. The molecule has 2 atom stereocenters. The van der Waals surface area contributed by atoms with Crippen LogP contribution in [0.15, 0.2) is 0 Å². The number of esters is 1. The predicted molar refractivity (Wildman–Crippen MR) is 98.8 cm³/mol. The van der Waals surface area contributed by atoms with Crippen LogP contribution in [0.25, 0.3) is 0 Å². The number of rotatable bonds is 5. The summed E-state index contributed by atoms with van der Waals surface area (Å²) in [7, 11) is 0. The number of hydrogen-bond donors (Lipinski definition) is 0. The van der Waals surface area contributed by atoms with Gasteiger partial charge in [0.15, 0.2) is 0 Å². The van der Waals surface area contributed by atoms with E-state index in [9.17, 15) is 4.79 Å². The lowest BCUT2D eigenvalue weighted by Gasteiger charge is -2.18. The van der Waals surface area contributed by atoms with Crippen LogP contribution < -0.4 is 0 Å². The smallest absolute Gasteiger partial charge is 0.305 e. The van der Waals surface area contributed by atoms with Crippen molar-refractivity contribution < 1.29 is 38.0 Å². The zero-order valence-electron chi connectivity index (χ0n) is 16.8. The Morgan fingerprint density at radius 3 is 1.96 bits per heavy atom. The molecule has 0 bridgehead atoms. The highest BCUT2D eigenvalue weighted by Gasteiger charge is 2.14. The van der Waals surface area contributed by atoms with E-state index < -0.39 is 0 Å². The van der Waals surface area contributed by atoms with E-state index in [1.54, 1.807) is 6.92 Å². The minimum absolute atomic E-state index is 0.0948. The SMILES string of the molecule is CC(C#N)CCC(=O)OCC1COCCOCCOCCOCCOCCO1. The van der Waals surface area contributed by atoms with E-state index in [1.807, 2.05) is 0 Å². The van der Waals surface area contributed by atoms with Crippen LogP contribution in [0.3, 0.4) is 0 Å². The van der Waals surface area contributed by atoms with Gasteiger partial charge >= 0.3 is 5.97 Å². The average molecular weight is 403 g/mol. The monoisotopic (exact) mass is 403 g/mol. The molecule has 28 heavy (non-hydrogen) atoms. The van der Waals surface area contributed by atoms with Gasteiger partial charge in [-0.05, 0) is 13.3 Å². The average Bonchev–Trinajstić information content (AvgIpc) is 2.70. The van der Waals surface area contributed by atoms with E-state index in [-0.39, 0.29) is 37.6 Å². The van der Waals surface area contributed by atoms with Crippen LogP contribution in [0.1, 0.15) is 19.8 Å². The van der Waals surface area contributed by atoms with Crippen molar-refractivity contribution in [2.24, 2.45) is 5.92 Å². The molecular formula is C19H33NO8. The van der Waals surface area contributed by atoms with Crippen molar-refractivity contribution in [3.8, 4) is 6.07 Å². The first kappa shape index (κ1) is 24.8. The minimum atomic E-state index is -0.389. The molecule has 0 spiro atoms. The lowest BCUT2D eigenvalue weighted by Crippen LogP contribution is -2.29. The van der Waals surface area contributed by atoms with Crippen LogP contribution in [0.2, 0.25) is 0 Å². The van der Waals surface area contributed by atoms with Gasteiger partial charge < -0.3 is 33.2 Å². The third-order valence-corrected chi connectivity index (χ3v) is 3.81. The maximum atomic E-state index is 11.8. The van der Waals surface area contributed by atoms with Crippen LogP contribution in [0, 0.1) is 17.2 Å². The summed E-state index contributed by atoms with van der Waals surface area (Å²) in [5.74, 6) is -0.517. The second kappa shape index (κ2) is 17.8. The summed E-state index contributed by atoms with van der Waals surface area (Å²) in [6.07, 6.45) is 0.301. The summed E-state index contributed by atoms with van der Waals surface area (Å²) in [4.78, 5) is 11.8. The number of hydrogen-bond acceptors (Lipinski definition) is 9. The molecule has 9 heteroatoms. The van der Waals surface area contributed by atoms with Gasteiger partial charge in [-0.25, -0.2) is 0 Å². The molecule has 0 aliphatic carbocycles. The van der Waals surface area contributed by atoms with Gasteiger partial charge in [0.25, 0.3) is 0 Å². The summed E-state index contributed by atoms with van der Waals surface area (Å²) < 4.78 is 38.1. The molecule has 2 unspecified atom stereocenters. The largest absolute Gasteiger partial charge is 0.463 e. The van der Waals surface area contributed by atoms with E-state index in [4.69, 9.17) is 38.4 Å². The highest BCUT2D eigenvalue weighted by Crippen LogP contribution is 2.05. The molecule has 162 valence electrons. The molecule has 0 aromatic carbocycles. The van der Waals surface area contributed by atoms with Gasteiger partial charge in [0.05, 0.1) is 78.7 Å². The Balaban J connectivity index is 2.30. The molecule has 0 aromatic rings. The Hall–Kier alpha value is -1.28. The third kappa shape index (κ3) is 14.7. The lowest BCUT2D eigenvalue weighted by molar-refractivity contribution is -0.151. The Morgan fingerprint density at radius 1 is 0.929 bits per heavy atom. The number of carbonyl (C=O) groups excluding carboxylic acids is 1. The van der Waals surface area contributed by atoms with Crippen LogP contribution >= 0.6 is 0 Å². The van der Waals surface area contributed by atoms with Crippen molar-refractivity contribution in [2.75, 3.05) is 79.3 Å². The van der Waals surface area contributed by atoms with Gasteiger partial charge in [-0.1, -0.05) is 0 Å². The fourth-order valence-electron chi connectivity index (χ4n) is 2.17. The molecule has 1 fully saturated rings. The van der Waals surface area contributed by atoms with Gasteiger partial charge in [-0.2, -0.15) is 5.26 Å². The zero-order chi connectivity index (χ0) is 20.3. The summed E-state index contributed by atoms with van der Waals surface area (Å²) in [5, 5.41) is 8.76. The normalized spacial score (nSPS) is 22.9. The maximum Gasteiger partial charge on any atom is 0.305 e. The van der Waals surface area contributed by atoms with E-state index >= 15 is 0 Å². The van der Waals surface area contributed by atoms with E-state index in [0.29, 0.717) is 72.5 Å². The first-order chi connectivity index (χ1) is 13.7. The molecule has 0 aromatic heterocycles. The van der Waals surface area contributed by atoms with Crippen molar-refractivity contribution in [2.45, 2.75) is 25.9 Å². The molecule has 1 saturated heterocycles. The van der Waals surface area contributed by atoms with E-state index in [0.717, 1.165) is 0 Å². The predicted octanol–water partition coefficient (Wildman–Crippen LogP) is 0.951. The number of nitriles is 1. The van der Waals surface area contributed by atoms with Gasteiger partial charge in [-0.15, -0.1) is 0 Å². The lowest BCUT2D eigenvalue weighted by atomic mass is 10.1. The molecule has 1 rings (SSSR count). The first-order valence-electron chi connectivity index (χ1n) is 9.78. The molecule has 1 heterocycles. The van der Waals surface area contributed by atoms with Crippen LogP contribution in [-0.4, -0.2) is 91.4 Å². The molecule has 0 radical (unpaired) electrons. The van der Waals surface area contributed by atoms with Crippen molar-refractivity contribution in [1.82, 2.24) is 0 Å². The number of nitrogens with zero attached hydrogens (tertiary/aromatic N) is 1. The molecule has 1 aliphatic heterocycles. The summed E-state index contributed by atoms with van der Waals surface area (Å²) in [5.41, 5.74) is 0. The van der Waals surface area contributed by atoms with Gasteiger partial charge in [0, 0.05) is 12.3 Å². The summed E-state index contributed by atoms with van der Waals surface area (Å²) >= 11 is 0. The zero-order valence-corrected chi connectivity index (χ0v) is 16.8. The second-order valence-corrected chi connectivity index (χ2v) is 6.27. The first-order valence-corrected chi connectivity index (χ1v) is 9.78. The molecular weight excluding hydrogens is 370 g/mol. The van der Waals surface area contributed by atoms with E-state index in [2.05, 4.69) is 6.07 Å². The highest BCUT2D eigenvalue weighted by molar-refractivity contribution is 5.69. The second-order valence-electron chi connectivity index (χ2n) is 6.27. The number of carbonyl (C=O) groups is 1. The van der Waals surface area contributed by atoms with Crippen LogP contribution in [-0.2, 0) is 38.0 Å². The Kier molecular flexibility index (Phi) is 15.7. The molecule has 0 N–H and O–H groups in total. The van der Waals surface area contributed by atoms with Crippen LogP contribution in [0.5, 0.6) is 0 Å². The summed E-state index contributed by atoms with van der Waals surface area (Å²) in [6, 6.07) is 2.10. The van der Waals surface area contributed by atoms with Gasteiger partial charge in [0.1, 0.15) is 12.7 Å². The number of ether oxygens (including phenoxy) is 7. The van der Waals surface area contributed by atoms with Crippen molar-refractivity contribution >= 4 is 5.97 Å². The quantitative estimate of drug-likeness (QED) is 0.620. The van der Waals surface area contributed by atoms with Crippen molar-refractivity contribution in [1.29, 1.82) is 5.26 Å². The van der Waals surface area contributed by atoms with Crippen molar-refractivity contribution in [3.63, 3.8) is 0 Å². The third-order valence-electron chi connectivity index (χ3n) is 3.81. The Morgan fingerprint density at radius 2 is 1.43 bits per heavy atom. The Bertz CT molecular complexity index is 411. The van der Waals surface area contributed by atoms with Crippen molar-refractivity contribution in [3.05, 3.63) is 0 Å². The maximum absolute atomic E-state index is 11.8. The fraction of sp³-hybridized carbons (Fsp3) is 0.895. The molecule has 1 aliphatic rings. The highest BCUT2D eigenvalue weighted by atomic mass is 16.6. The minimum Gasteiger partial charge on any atom is -0.463 e. The van der Waals surface area contributed by atoms with Gasteiger partial charge in [-0.3, -0.25) is 4.79 Å². The van der Waals surface area contributed by atoms with Gasteiger partial charge in [0.2, 0.25) is 0 Å². The topological polar surface area (TPSA) is 105 Å². The Labute approximate surface area is 167 Å². The van der Waals surface area contributed by atoms with Crippen LogP contribution in [0.4, 0.5) is 0 Å².